The molecule has 0 radical (unpaired) electrons. The summed E-state index contributed by atoms with van der Waals surface area (Å²) in [6.07, 6.45) is 0. The van der Waals surface area contributed by atoms with E-state index in [1.807, 2.05) is 0 Å². The molecule has 2 rings (SSSR count). The fourth-order valence-electron chi connectivity index (χ4n) is 1.80. The van der Waals surface area contributed by atoms with Gasteiger partial charge in [0.2, 0.25) is 0 Å². The van der Waals surface area contributed by atoms with Crippen LogP contribution < -0.4 is 15.2 Å². The third kappa shape index (κ3) is 3.24. The first-order chi connectivity index (χ1) is 10.1. The van der Waals surface area contributed by atoms with E-state index in [0.717, 1.165) is 0 Å². The highest BCUT2D eigenvalue weighted by atomic mass is 35.5. The van der Waals surface area contributed by atoms with Gasteiger partial charge < -0.3 is 15.2 Å². The molecular formula is C14H13ClN2O4. The van der Waals surface area contributed by atoms with Crippen molar-refractivity contribution in [3.8, 4) is 17.2 Å². The van der Waals surface area contributed by atoms with Gasteiger partial charge in [-0.3, -0.25) is 10.1 Å². The van der Waals surface area contributed by atoms with E-state index < -0.39 is 4.92 Å². The van der Waals surface area contributed by atoms with Gasteiger partial charge in [0.15, 0.2) is 17.2 Å². The number of halogens is 1. The van der Waals surface area contributed by atoms with Gasteiger partial charge in [-0.1, -0.05) is 23.7 Å². The Hall–Kier alpha value is -2.31. The van der Waals surface area contributed by atoms with Crippen molar-refractivity contribution in [2.75, 3.05) is 7.11 Å². The van der Waals surface area contributed by atoms with Crippen LogP contribution in [0.4, 0.5) is 5.69 Å². The van der Waals surface area contributed by atoms with E-state index in [9.17, 15) is 10.1 Å². The first kappa shape index (κ1) is 15.1. The predicted octanol–water partition coefficient (Wildman–Crippen LogP) is 3.51. The van der Waals surface area contributed by atoms with Gasteiger partial charge in [-0.25, -0.2) is 0 Å². The summed E-state index contributed by atoms with van der Waals surface area (Å²) < 4.78 is 10.8. The number of nitro groups is 1. The minimum absolute atomic E-state index is 0.104. The quantitative estimate of drug-likeness (QED) is 0.674. The van der Waals surface area contributed by atoms with E-state index in [2.05, 4.69) is 0 Å². The van der Waals surface area contributed by atoms with E-state index in [0.29, 0.717) is 22.1 Å². The van der Waals surface area contributed by atoms with Crippen LogP contribution in [0.1, 0.15) is 5.56 Å². The van der Waals surface area contributed by atoms with Crippen molar-refractivity contribution in [1.82, 2.24) is 0 Å². The summed E-state index contributed by atoms with van der Waals surface area (Å²) in [7, 11) is 1.45. The second-order valence-corrected chi connectivity index (χ2v) is 4.53. The van der Waals surface area contributed by atoms with Gasteiger partial charge in [0.05, 0.1) is 23.1 Å². The van der Waals surface area contributed by atoms with Crippen LogP contribution in [0.3, 0.4) is 0 Å². The smallest absolute Gasteiger partial charge is 0.273 e. The van der Waals surface area contributed by atoms with Gasteiger partial charge in [-0.15, -0.1) is 0 Å². The summed E-state index contributed by atoms with van der Waals surface area (Å²) in [5, 5.41) is 11.2. The van der Waals surface area contributed by atoms with E-state index in [1.54, 1.807) is 18.2 Å². The maximum absolute atomic E-state index is 10.9. The van der Waals surface area contributed by atoms with Gasteiger partial charge in [0.1, 0.15) is 0 Å². The average molecular weight is 309 g/mol. The summed E-state index contributed by atoms with van der Waals surface area (Å²) >= 11 is 6.10. The molecule has 0 aliphatic rings. The number of ether oxygens (including phenoxy) is 2. The highest BCUT2D eigenvalue weighted by molar-refractivity contribution is 6.32. The zero-order chi connectivity index (χ0) is 15.4. The molecule has 6 nitrogen and oxygen atoms in total. The molecule has 0 fully saturated rings. The molecule has 0 bridgehead atoms. The maximum atomic E-state index is 10.9. The number of nitrogens with two attached hydrogens (primary N) is 1. The summed E-state index contributed by atoms with van der Waals surface area (Å²) in [6, 6.07) is 9.25. The van der Waals surface area contributed by atoms with E-state index in [1.165, 1.54) is 25.3 Å². The SMILES string of the molecule is COc1ccc([N+](=O)[O-])cc1Oc1c(Cl)cccc1CN. The van der Waals surface area contributed by atoms with Gasteiger partial charge in [0, 0.05) is 18.2 Å². The number of hydrogen-bond acceptors (Lipinski definition) is 5. The Morgan fingerprint density at radius 1 is 1.29 bits per heavy atom. The summed E-state index contributed by atoms with van der Waals surface area (Å²) in [5.74, 6) is 0.929. The molecule has 2 aromatic rings. The molecular weight excluding hydrogens is 296 g/mol. The first-order valence-corrected chi connectivity index (χ1v) is 6.42. The van der Waals surface area contributed by atoms with Crippen LogP contribution in [0.5, 0.6) is 17.2 Å². The monoisotopic (exact) mass is 308 g/mol. The molecule has 0 aliphatic heterocycles. The molecule has 0 amide bonds. The van der Waals surface area contributed by atoms with Crippen LogP contribution in [0.25, 0.3) is 0 Å². The standard InChI is InChI=1S/C14H13ClN2O4/c1-20-12-6-5-10(17(18)19)7-13(12)21-14-9(8-16)3-2-4-11(14)15/h2-7H,8,16H2,1H3. The second kappa shape index (κ2) is 6.43. The lowest BCUT2D eigenvalue weighted by molar-refractivity contribution is -0.384. The number of hydrogen-bond donors (Lipinski definition) is 1. The van der Waals surface area contributed by atoms with Gasteiger partial charge in [-0.2, -0.15) is 0 Å². The topological polar surface area (TPSA) is 87.6 Å². The lowest BCUT2D eigenvalue weighted by Gasteiger charge is -2.14. The Morgan fingerprint density at radius 2 is 2.05 bits per heavy atom. The fourth-order valence-corrected chi connectivity index (χ4v) is 2.03. The zero-order valence-corrected chi connectivity index (χ0v) is 12.0. The van der Waals surface area contributed by atoms with E-state index in [4.69, 9.17) is 26.8 Å². The maximum Gasteiger partial charge on any atom is 0.273 e. The van der Waals surface area contributed by atoms with Crippen molar-refractivity contribution in [3.63, 3.8) is 0 Å². The van der Waals surface area contributed by atoms with Gasteiger partial charge >= 0.3 is 0 Å². The third-order valence-electron chi connectivity index (χ3n) is 2.84. The normalized spacial score (nSPS) is 10.2. The number of benzene rings is 2. The fraction of sp³-hybridized carbons (Fsp3) is 0.143. The average Bonchev–Trinajstić information content (AvgIpc) is 2.49. The molecule has 2 aromatic carbocycles. The molecule has 2 N–H and O–H groups in total. The molecule has 0 unspecified atom stereocenters. The molecule has 0 atom stereocenters. The Morgan fingerprint density at radius 3 is 2.67 bits per heavy atom. The van der Waals surface area contributed by atoms with Crippen molar-refractivity contribution in [2.24, 2.45) is 5.73 Å². The lowest BCUT2D eigenvalue weighted by atomic mass is 10.2. The summed E-state index contributed by atoms with van der Waals surface area (Å²) in [5.41, 5.74) is 6.23. The predicted molar refractivity (Wildman–Crippen MR) is 79.1 cm³/mol. The Labute approximate surface area is 126 Å². The number of rotatable bonds is 5. The molecule has 7 heteroatoms. The van der Waals surface area contributed by atoms with Gasteiger partial charge in [0.25, 0.3) is 5.69 Å². The molecule has 0 aromatic heterocycles. The van der Waals surface area contributed by atoms with Crippen LogP contribution in [-0.2, 0) is 6.54 Å². The largest absolute Gasteiger partial charge is 0.493 e. The van der Waals surface area contributed by atoms with Crippen LogP contribution in [-0.4, -0.2) is 12.0 Å². The van der Waals surface area contributed by atoms with Crippen molar-refractivity contribution < 1.29 is 14.4 Å². The highest BCUT2D eigenvalue weighted by Crippen LogP contribution is 2.38. The summed E-state index contributed by atoms with van der Waals surface area (Å²) in [4.78, 5) is 10.3. The molecule has 0 saturated heterocycles. The zero-order valence-electron chi connectivity index (χ0n) is 11.2. The van der Waals surface area contributed by atoms with Crippen molar-refractivity contribution >= 4 is 17.3 Å². The van der Waals surface area contributed by atoms with Crippen LogP contribution in [0.15, 0.2) is 36.4 Å². The number of nitrogens with zero attached hydrogens (tertiary/aromatic N) is 1. The highest BCUT2D eigenvalue weighted by Gasteiger charge is 2.16. The molecule has 0 saturated carbocycles. The van der Waals surface area contributed by atoms with Crippen molar-refractivity contribution in [1.29, 1.82) is 0 Å². The number of non-ortho nitro benzene ring substituents is 1. The minimum atomic E-state index is -0.511. The first-order valence-electron chi connectivity index (χ1n) is 6.04. The Kier molecular flexibility index (Phi) is 4.62. The molecule has 21 heavy (non-hydrogen) atoms. The number of para-hydroxylation sites is 1. The van der Waals surface area contributed by atoms with E-state index in [-0.39, 0.29) is 18.0 Å². The second-order valence-electron chi connectivity index (χ2n) is 4.13. The Bertz CT molecular complexity index is 676. The van der Waals surface area contributed by atoms with Crippen LogP contribution in [0.2, 0.25) is 5.02 Å². The molecule has 0 spiro atoms. The number of methoxy groups -OCH3 is 1. The van der Waals surface area contributed by atoms with Gasteiger partial charge in [-0.05, 0) is 12.1 Å². The molecule has 0 aliphatic carbocycles. The molecule has 0 heterocycles. The molecule has 110 valence electrons. The van der Waals surface area contributed by atoms with E-state index >= 15 is 0 Å². The third-order valence-corrected chi connectivity index (χ3v) is 3.14. The summed E-state index contributed by atoms with van der Waals surface area (Å²) in [6.45, 7) is 0.229. The number of nitro benzene ring substituents is 1. The van der Waals surface area contributed by atoms with Crippen molar-refractivity contribution in [3.05, 3.63) is 57.1 Å². The minimum Gasteiger partial charge on any atom is -0.493 e. The van der Waals surface area contributed by atoms with Crippen LogP contribution in [0, 0.1) is 10.1 Å². The van der Waals surface area contributed by atoms with Crippen LogP contribution >= 0.6 is 11.6 Å². The lowest BCUT2D eigenvalue weighted by Crippen LogP contribution is -2.01. The van der Waals surface area contributed by atoms with Crippen molar-refractivity contribution in [2.45, 2.75) is 6.54 Å². The Balaban J connectivity index is 2.48.